The lowest BCUT2D eigenvalue weighted by atomic mass is 9.98. The third-order valence-corrected chi connectivity index (χ3v) is 7.39. The smallest absolute Gasteiger partial charge is 0.223 e. The first kappa shape index (κ1) is 19.9. The van der Waals surface area contributed by atoms with Crippen LogP contribution in [0.25, 0.3) is 0 Å². The molecule has 1 aromatic heterocycles. The molecule has 1 aromatic carbocycles. The minimum absolute atomic E-state index is 0.0249. The molecule has 9 heteroatoms. The Labute approximate surface area is 170 Å². The number of aromatic nitrogens is 2. The van der Waals surface area contributed by atoms with E-state index in [4.69, 9.17) is 9.47 Å². The predicted octanol–water partition coefficient (Wildman–Crippen LogP) is 1.67. The van der Waals surface area contributed by atoms with Gasteiger partial charge in [-0.3, -0.25) is 9.89 Å². The van der Waals surface area contributed by atoms with Gasteiger partial charge >= 0.3 is 0 Å². The summed E-state index contributed by atoms with van der Waals surface area (Å²) in [4.78, 5) is 14.6. The maximum atomic E-state index is 12.6. The molecule has 1 unspecified atom stereocenters. The fourth-order valence-electron chi connectivity index (χ4n) is 3.96. The maximum absolute atomic E-state index is 12.6. The minimum Gasteiger partial charge on any atom is -0.497 e. The van der Waals surface area contributed by atoms with Gasteiger partial charge in [-0.15, -0.1) is 0 Å². The number of H-pyrrole nitrogens is 1. The van der Waals surface area contributed by atoms with E-state index in [1.54, 1.807) is 17.0 Å². The lowest BCUT2D eigenvalue weighted by Gasteiger charge is -2.17. The SMILES string of the molecule is COc1ccc(S(=O)(=O)CCC(=O)N2CCC(c3n[nH]c4c3COCC4)C2)cc1. The van der Waals surface area contributed by atoms with Gasteiger partial charge in [-0.05, 0) is 30.7 Å². The van der Waals surface area contributed by atoms with Gasteiger partial charge in [0.05, 0.1) is 36.7 Å². The van der Waals surface area contributed by atoms with Crippen LogP contribution in [0.3, 0.4) is 0 Å². The van der Waals surface area contributed by atoms with Crippen LogP contribution in [0.4, 0.5) is 0 Å². The van der Waals surface area contributed by atoms with E-state index in [2.05, 4.69) is 10.2 Å². The first-order chi connectivity index (χ1) is 14.0. The van der Waals surface area contributed by atoms with Gasteiger partial charge in [-0.2, -0.15) is 5.10 Å². The molecule has 0 radical (unpaired) electrons. The molecule has 0 spiro atoms. The van der Waals surface area contributed by atoms with E-state index in [-0.39, 0.29) is 28.9 Å². The number of likely N-dealkylation sites (tertiary alicyclic amines) is 1. The number of amides is 1. The molecule has 0 aliphatic carbocycles. The van der Waals surface area contributed by atoms with Gasteiger partial charge in [0.2, 0.25) is 5.91 Å². The number of ether oxygens (including phenoxy) is 2. The van der Waals surface area contributed by atoms with Gasteiger partial charge in [0.1, 0.15) is 5.75 Å². The number of fused-ring (bicyclic) bond motifs is 1. The van der Waals surface area contributed by atoms with E-state index in [9.17, 15) is 13.2 Å². The average molecular weight is 420 g/mol. The van der Waals surface area contributed by atoms with Crippen molar-refractivity contribution in [3.05, 3.63) is 41.2 Å². The number of benzene rings is 1. The number of hydrogen-bond donors (Lipinski definition) is 1. The second kappa shape index (κ2) is 8.16. The highest BCUT2D eigenvalue weighted by Gasteiger charge is 2.32. The Kier molecular flexibility index (Phi) is 5.60. The molecule has 2 aliphatic rings. The van der Waals surface area contributed by atoms with Crippen LogP contribution in [0.1, 0.15) is 35.7 Å². The molecule has 29 heavy (non-hydrogen) atoms. The molecule has 0 bridgehead atoms. The van der Waals surface area contributed by atoms with Gasteiger partial charge in [-0.1, -0.05) is 0 Å². The molecule has 0 saturated carbocycles. The van der Waals surface area contributed by atoms with Gasteiger partial charge in [0.15, 0.2) is 9.84 Å². The molecular weight excluding hydrogens is 394 g/mol. The Morgan fingerprint density at radius 3 is 2.90 bits per heavy atom. The third-order valence-electron chi connectivity index (χ3n) is 5.66. The number of methoxy groups -OCH3 is 1. The number of carbonyl (C=O) groups is 1. The number of nitrogens with zero attached hydrogens (tertiary/aromatic N) is 2. The largest absolute Gasteiger partial charge is 0.497 e. The van der Waals surface area contributed by atoms with Crippen molar-refractivity contribution in [3.8, 4) is 5.75 Å². The molecule has 1 fully saturated rings. The summed E-state index contributed by atoms with van der Waals surface area (Å²) in [5.74, 6) is 0.420. The second-order valence-electron chi connectivity index (χ2n) is 7.44. The number of nitrogens with one attached hydrogen (secondary N) is 1. The number of sulfone groups is 1. The van der Waals surface area contributed by atoms with Crippen molar-refractivity contribution < 1.29 is 22.7 Å². The van der Waals surface area contributed by atoms with Crippen molar-refractivity contribution in [2.75, 3.05) is 32.6 Å². The van der Waals surface area contributed by atoms with E-state index in [0.29, 0.717) is 32.1 Å². The molecule has 1 atom stereocenters. The van der Waals surface area contributed by atoms with E-state index in [1.165, 1.54) is 19.2 Å². The Bertz CT molecular complexity index is 984. The van der Waals surface area contributed by atoms with Crippen LogP contribution in [0, 0.1) is 0 Å². The number of hydrogen-bond acceptors (Lipinski definition) is 6. The molecule has 1 amide bonds. The van der Waals surface area contributed by atoms with Gasteiger partial charge in [0.25, 0.3) is 0 Å². The fraction of sp³-hybridized carbons (Fsp3) is 0.500. The van der Waals surface area contributed by atoms with Crippen LogP contribution in [-0.4, -0.2) is 62.0 Å². The summed E-state index contributed by atoms with van der Waals surface area (Å²) >= 11 is 0. The Morgan fingerprint density at radius 2 is 2.14 bits per heavy atom. The molecule has 1 saturated heterocycles. The van der Waals surface area contributed by atoms with Crippen LogP contribution in [0.2, 0.25) is 0 Å². The Morgan fingerprint density at radius 1 is 1.34 bits per heavy atom. The summed E-state index contributed by atoms with van der Waals surface area (Å²) in [7, 11) is -1.99. The molecule has 3 heterocycles. The van der Waals surface area contributed by atoms with Crippen LogP contribution >= 0.6 is 0 Å². The highest BCUT2D eigenvalue weighted by atomic mass is 32.2. The van der Waals surface area contributed by atoms with Gasteiger partial charge < -0.3 is 14.4 Å². The van der Waals surface area contributed by atoms with Crippen LogP contribution in [0.5, 0.6) is 5.75 Å². The van der Waals surface area contributed by atoms with E-state index >= 15 is 0 Å². The molecule has 1 N–H and O–H groups in total. The molecular formula is C20H25N3O5S. The lowest BCUT2D eigenvalue weighted by Crippen LogP contribution is -2.30. The average Bonchev–Trinajstić information content (AvgIpc) is 3.39. The zero-order valence-electron chi connectivity index (χ0n) is 16.4. The van der Waals surface area contributed by atoms with Crippen molar-refractivity contribution in [1.82, 2.24) is 15.1 Å². The van der Waals surface area contributed by atoms with Crippen LogP contribution < -0.4 is 4.74 Å². The highest BCUT2D eigenvalue weighted by molar-refractivity contribution is 7.91. The summed E-state index contributed by atoms with van der Waals surface area (Å²) in [5.41, 5.74) is 3.24. The van der Waals surface area contributed by atoms with Crippen molar-refractivity contribution in [3.63, 3.8) is 0 Å². The molecule has 156 valence electrons. The number of aromatic amines is 1. The molecule has 4 rings (SSSR count). The van der Waals surface area contributed by atoms with Gasteiger partial charge in [-0.25, -0.2) is 8.42 Å². The maximum Gasteiger partial charge on any atom is 0.223 e. The summed E-state index contributed by atoms with van der Waals surface area (Å²) < 4.78 is 35.6. The monoisotopic (exact) mass is 419 g/mol. The van der Waals surface area contributed by atoms with Crippen LogP contribution in [0.15, 0.2) is 29.2 Å². The first-order valence-corrected chi connectivity index (χ1v) is 11.4. The predicted molar refractivity (Wildman–Crippen MR) is 106 cm³/mol. The first-order valence-electron chi connectivity index (χ1n) is 9.76. The van der Waals surface area contributed by atoms with Crippen molar-refractivity contribution >= 4 is 15.7 Å². The summed E-state index contributed by atoms with van der Waals surface area (Å²) in [5, 5.41) is 7.56. The third kappa shape index (κ3) is 4.16. The van der Waals surface area contributed by atoms with E-state index < -0.39 is 9.84 Å². The highest BCUT2D eigenvalue weighted by Crippen LogP contribution is 2.31. The van der Waals surface area contributed by atoms with E-state index in [1.807, 2.05) is 0 Å². The Balaban J connectivity index is 1.35. The Hall–Kier alpha value is -2.39. The van der Waals surface area contributed by atoms with Crippen molar-refractivity contribution in [1.29, 1.82) is 0 Å². The number of rotatable bonds is 6. The molecule has 2 aromatic rings. The zero-order valence-corrected chi connectivity index (χ0v) is 17.2. The number of carbonyl (C=O) groups excluding carboxylic acids is 1. The molecule has 2 aliphatic heterocycles. The van der Waals surface area contributed by atoms with Crippen LogP contribution in [-0.2, 0) is 32.4 Å². The summed E-state index contributed by atoms with van der Waals surface area (Å²) in [6.07, 6.45) is 1.64. The van der Waals surface area contributed by atoms with Gasteiger partial charge in [0, 0.05) is 43.1 Å². The van der Waals surface area contributed by atoms with E-state index in [0.717, 1.165) is 29.8 Å². The molecule has 8 nitrogen and oxygen atoms in total. The fourth-order valence-corrected chi connectivity index (χ4v) is 5.19. The lowest BCUT2D eigenvalue weighted by molar-refractivity contribution is -0.129. The normalized spacial score (nSPS) is 19.2. The zero-order chi connectivity index (χ0) is 20.4. The summed E-state index contributed by atoms with van der Waals surface area (Å²) in [6.45, 7) is 2.45. The van der Waals surface area contributed by atoms with Crippen molar-refractivity contribution in [2.45, 2.75) is 36.7 Å². The summed E-state index contributed by atoms with van der Waals surface area (Å²) in [6, 6.07) is 6.22. The minimum atomic E-state index is -3.52. The quantitative estimate of drug-likeness (QED) is 0.764. The van der Waals surface area contributed by atoms with Crippen molar-refractivity contribution in [2.24, 2.45) is 0 Å². The second-order valence-corrected chi connectivity index (χ2v) is 9.55. The topological polar surface area (TPSA) is 102 Å². The standard InChI is InChI=1S/C20H25N3O5S/c1-27-15-2-4-16(5-3-15)29(25,26)11-8-19(24)23-9-6-14(12-23)20-17-13-28-10-7-18(17)21-22-20/h2-5,14H,6-13H2,1H3,(H,21,22).